The number of benzene rings is 2. The molecule has 30 heavy (non-hydrogen) atoms. The van der Waals surface area contributed by atoms with Gasteiger partial charge in [0, 0.05) is 18.2 Å². The number of rotatable bonds is 7. The average Bonchev–Trinajstić information content (AvgIpc) is 3.26. The second-order valence-corrected chi connectivity index (χ2v) is 9.13. The number of carbonyl (C=O) groups is 1. The highest BCUT2D eigenvalue weighted by Gasteiger charge is 2.48. The summed E-state index contributed by atoms with van der Waals surface area (Å²) in [4.78, 5) is 13.6. The fraction of sp³-hybridized carbons (Fsp3) is 0.480. The SMILES string of the molecule is O=C(NC1(c2ccccc2)CCC2(CC1)OCCO2)C(CCCBr)c1ccccc1. The van der Waals surface area contributed by atoms with Crippen molar-refractivity contribution < 1.29 is 14.3 Å². The second-order valence-electron chi connectivity index (χ2n) is 8.34. The van der Waals surface area contributed by atoms with E-state index in [4.69, 9.17) is 9.47 Å². The fourth-order valence-corrected chi connectivity index (χ4v) is 5.15. The molecule has 1 saturated heterocycles. The van der Waals surface area contributed by atoms with Crippen LogP contribution in [0.3, 0.4) is 0 Å². The molecule has 2 fully saturated rings. The van der Waals surface area contributed by atoms with Crippen molar-refractivity contribution in [3.63, 3.8) is 0 Å². The van der Waals surface area contributed by atoms with Crippen LogP contribution in [0.15, 0.2) is 60.7 Å². The van der Waals surface area contributed by atoms with E-state index in [9.17, 15) is 4.79 Å². The van der Waals surface area contributed by atoms with Crippen molar-refractivity contribution in [2.75, 3.05) is 18.5 Å². The third kappa shape index (κ3) is 4.63. The first-order valence-corrected chi connectivity index (χ1v) is 12.0. The van der Waals surface area contributed by atoms with Gasteiger partial charge in [-0.05, 0) is 36.8 Å². The molecule has 0 radical (unpaired) electrons. The van der Waals surface area contributed by atoms with Crippen LogP contribution in [0, 0.1) is 0 Å². The number of nitrogens with one attached hydrogen (secondary N) is 1. The summed E-state index contributed by atoms with van der Waals surface area (Å²) >= 11 is 3.52. The summed E-state index contributed by atoms with van der Waals surface area (Å²) in [5, 5.41) is 4.39. The zero-order chi connectivity index (χ0) is 20.9. The molecule has 1 unspecified atom stereocenters. The Balaban J connectivity index is 1.59. The number of hydrogen-bond donors (Lipinski definition) is 1. The summed E-state index contributed by atoms with van der Waals surface area (Å²) in [6.45, 7) is 1.32. The lowest BCUT2D eigenvalue weighted by Gasteiger charge is -2.45. The summed E-state index contributed by atoms with van der Waals surface area (Å²) in [7, 11) is 0. The lowest BCUT2D eigenvalue weighted by Crippen LogP contribution is -2.53. The van der Waals surface area contributed by atoms with Gasteiger partial charge < -0.3 is 14.8 Å². The summed E-state index contributed by atoms with van der Waals surface area (Å²) in [5.74, 6) is -0.507. The highest BCUT2D eigenvalue weighted by molar-refractivity contribution is 9.09. The van der Waals surface area contributed by atoms with E-state index in [-0.39, 0.29) is 17.4 Å². The maximum Gasteiger partial charge on any atom is 0.228 e. The molecule has 5 heteroatoms. The minimum absolute atomic E-state index is 0.107. The lowest BCUT2D eigenvalue weighted by molar-refractivity contribution is -0.187. The van der Waals surface area contributed by atoms with E-state index >= 15 is 0 Å². The molecule has 160 valence electrons. The van der Waals surface area contributed by atoms with Gasteiger partial charge >= 0.3 is 0 Å². The normalized spacial score (nSPS) is 20.7. The highest BCUT2D eigenvalue weighted by atomic mass is 79.9. The molecule has 1 amide bonds. The predicted octanol–water partition coefficient (Wildman–Crippen LogP) is 5.27. The maximum atomic E-state index is 13.6. The number of alkyl halides is 1. The van der Waals surface area contributed by atoms with Crippen LogP contribution in [0.2, 0.25) is 0 Å². The summed E-state index contributed by atoms with van der Waals surface area (Å²) in [6, 6.07) is 20.5. The molecule has 4 rings (SSSR count). The number of ether oxygens (including phenoxy) is 2. The molecule has 2 aliphatic rings. The molecular weight excluding hydrogens is 442 g/mol. The molecule has 1 aliphatic heterocycles. The Morgan fingerprint density at radius 2 is 1.53 bits per heavy atom. The number of carbonyl (C=O) groups excluding carboxylic acids is 1. The second kappa shape index (κ2) is 9.63. The average molecular weight is 472 g/mol. The zero-order valence-electron chi connectivity index (χ0n) is 17.3. The molecule has 1 atom stereocenters. The number of amides is 1. The van der Waals surface area contributed by atoms with Gasteiger partial charge in [0.15, 0.2) is 5.79 Å². The standard InChI is InChI=1S/C25H30BrNO3/c26-17-7-12-22(20-8-3-1-4-9-20)23(28)27-24(21-10-5-2-6-11-21)13-15-25(16-14-24)29-18-19-30-25/h1-6,8-11,22H,7,12-19H2,(H,27,28). The van der Waals surface area contributed by atoms with Crippen molar-refractivity contribution in [1.29, 1.82) is 0 Å². The van der Waals surface area contributed by atoms with Gasteiger partial charge in [-0.15, -0.1) is 0 Å². The molecule has 1 aliphatic carbocycles. The van der Waals surface area contributed by atoms with Crippen molar-refractivity contribution in [1.82, 2.24) is 5.32 Å². The van der Waals surface area contributed by atoms with Crippen molar-refractivity contribution in [2.24, 2.45) is 0 Å². The van der Waals surface area contributed by atoms with Gasteiger partial charge in [-0.2, -0.15) is 0 Å². The first-order chi connectivity index (χ1) is 14.7. The molecule has 2 aromatic carbocycles. The topological polar surface area (TPSA) is 47.6 Å². The Kier molecular flexibility index (Phi) is 6.91. The molecule has 1 heterocycles. The third-order valence-electron chi connectivity index (χ3n) is 6.51. The van der Waals surface area contributed by atoms with Crippen molar-refractivity contribution >= 4 is 21.8 Å². The van der Waals surface area contributed by atoms with E-state index in [1.54, 1.807) is 0 Å². The van der Waals surface area contributed by atoms with Crippen LogP contribution in [0.1, 0.15) is 55.6 Å². The third-order valence-corrected chi connectivity index (χ3v) is 7.07. The molecule has 1 saturated carbocycles. The van der Waals surface area contributed by atoms with Gasteiger partial charge in [0.25, 0.3) is 0 Å². The molecule has 2 aromatic rings. The predicted molar refractivity (Wildman–Crippen MR) is 122 cm³/mol. The highest BCUT2D eigenvalue weighted by Crippen LogP contribution is 2.45. The lowest BCUT2D eigenvalue weighted by atomic mass is 9.73. The van der Waals surface area contributed by atoms with Gasteiger partial charge in [-0.25, -0.2) is 0 Å². The molecule has 1 spiro atoms. The summed E-state index contributed by atoms with van der Waals surface area (Å²) < 4.78 is 11.9. The number of hydrogen-bond acceptors (Lipinski definition) is 3. The van der Waals surface area contributed by atoms with Crippen LogP contribution in [-0.2, 0) is 19.8 Å². The fourth-order valence-electron chi connectivity index (χ4n) is 4.83. The van der Waals surface area contributed by atoms with Crippen LogP contribution >= 0.6 is 15.9 Å². The van der Waals surface area contributed by atoms with Gasteiger partial charge in [-0.1, -0.05) is 76.6 Å². The van der Waals surface area contributed by atoms with Crippen LogP contribution in [0.25, 0.3) is 0 Å². The van der Waals surface area contributed by atoms with E-state index in [0.29, 0.717) is 13.2 Å². The van der Waals surface area contributed by atoms with E-state index in [0.717, 1.165) is 49.4 Å². The van der Waals surface area contributed by atoms with Gasteiger partial charge in [0.05, 0.1) is 24.7 Å². The zero-order valence-corrected chi connectivity index (χ0v) is 18.9. The van der Waals surface area contributed by atoms with Crippen LogP contribution in [-0.4, -0.2) is 30.2 Å². The van der Waals surface area contributed by atoms with Crippen LogP contribution < -0.4 is 5.32 Å². The van der Waals surface area contributed by atoms with E-state index < -0.39 is 5.79 Å². The summed E-state index contributed by atoms with van der Waals surface area (Å²) in [6.07, 6.45) is 4.98. The Labute approximate surface area is 187 Å². The van der Waals surface area contributed by atoms with E-state index in [1.807, 2.05) is 24.3 Å². The minimum atomic E-state index is -0.461. The van der Waals surface area contributed by atoms with Crippen molar-refractivity contribution in [2.45, 2.75) is 55.8 Å². The molecule has 1 N–H and O–H groups in total. The monoisotopic (exact) mass is 471 g/mol. The molecular formula is C25H30BrNO3. The number of halogens is 1. The van der Waals surface area contributed by atoms with Crippen LogP contribution in [0.4, 0.5) is 0 Å². The molecule has 0 aromatic heterocycles. The first-order valence-electron chi connectivity index (χ1n) is 10.9. The quantitative estimate of drug-likeness (QED) is 0.559. The molecule has 4 nitrogen and oxygen atoms in total. The van der Waals surface area contributed by atoms with Crippen molar-refractivity contribution in [3.8, 4) is 0 Å². The first kappa shape index (κ1) is 21.5. The maximum absolute atomic E-state index is 13.6. The Morgan fingerprint density at radius 1 is 0.933 bits per heavy atom. The van der Waals surface area contributed by atoms with E-state index in [1.165, 1.54) is 5.56 Å². The van der Waals surface area contributed by atoms with Gasteiger partial charge in [0.2, 0.25) is 5.91 Å². The smallest absolute Gasteiger partial charge is 0.228 e. The van der Waals surface area contributed by atoms with Gasteiger partial charge in [-0.3, -0.25) is 4.79 Å². The molecule has 0 bridgehead atoms. The van der Waals surface area contributed by atoms with Crippen LogP contribution in [0.5, 0.6) is 0 Å². The van der Waals surface area contributed by atoms with E-state index in [2.05, 4.69) is 57.6 Å². The van der Waals surface area contributed by atoms with Gasteiger partial charge in [0.1, 0.15) is 0 Å². The Bertz CT molecular complexity index is 811. The Morgan fingerprint density at radius 3 is 2.13 bits per heavy atom. The van der Waals surface area contributed by atoms with Crippen molar-refractivity contribution in [3.05, 3.63) is 71.8 Å². The minimum Gasteiger partial charge on any atom is -0.348 e. The summed E-state index contributed by atoms with van der Waals surface area (Å²) in [5.41, 5.74) is 1.85. The largest absolute Gasteiger partial charge is 0.348 e. The Hall–Kier alpha value is -1.69.